The molecule has 2 aromatic carbocycles. The van der Waals surface area contributed by atoms with E-state index in [1.165, 1.54) is 11.3 Å². The Morgan fingerprint density at radius 2 is 1.83 bits per heavy atom. The largest absolute Gasteiger partial charge is 0.461 e. The summed E-state index contributed by atoms with van der Waals surface area (Å²) in [5, 5.41) is 4.26. The van der Waals surface area contributed by atoms with E-state index in [0.717, 1.165) is 38.2 Å². The minimum atomic E-state index is -0.0781. The number of thiazole rings is 1. The lowest BCUT2D eigenvalue weighted by atomic mass is 10.1. The maximum Gasteiger partial charge on any atom is 0.226 e. The van der Waals surface area contributed by atoms with Crippen molar-refractivity contribution in [1.82, 2.24) is 4.98 Å². The van der Waals surface area contributed by atoms with Crippen LogP contribution in [-0.2, 0) is 17.6 Å². The first-order valence-corrected chi connectivity index (χ1v) is 10.9. The Balaban J connectivity index is 1.34. The first-order valence-electron chi connectivity index (χ1n) is 9.72. The summed E-state index contributed by atoms with van der Waals surface area (Å²) in [6.45, 7) is 1.95. The van der Waals surface area contributed by atoms with Crippen LogP contribution in [0.2, 0.25) is 5.02 Å². The van der Waals surface area contributed by atoms with Crippen molar-refractivity contribution in [3.8, 4) is 11.3 Å². The highest BCUT2D eigenvalue weighted by Gasteiger charge is 2.13. The molecule has 4 nitrogen and oxygen atoms in total. The molecule has 0 saturated heterocycles. The number of furan rings is 1. The number of rotatable bonds is 7. The topological polar surface area (TPSA) is 55.1 Å². The third-order valence-corrected chi connectivity index (χ3v) is 6.21. The SMILES string of the molecule is Cc1nc(NC(=O)CCc2ccc(-c3ccccc3)o2)sc1Cc1ccccc1Cl. The van der Waals surface area contributed by atoms with Crippen LogP contribution in [0.3, 0.4) is 0 Å². The van der Waals surface area contributed by atoms with Gasteiger partial charge in [-0.2, -0.15) is 0 Å². The normalized spacial score (nSPS) is 10.9. The lowest BCUT2D eigenvalue weighted by Crippen LogP contribution is -2.11. The van der Waals surface area contributed by atoms with Gasteiger partial charge in [-0.05, 0) is 30.7 Å². The van der Waals surface area contributed by atoms with Gasteiger partial charge in [-0.15, -0.1) is 11.3 Å². The first-order chi connectivity index (χ1) is 14.6. The average molecular weight is 437 g/mol. The van der Waals surface area contributed by atoms with Gasteiger partial charge in [0.05, 0.1) is 5.69 Å². The molecule has 152 valence electrons. The Morgan fingerprint density at radius 3 is 2.63 bits per heavy atom. The molecule has 0 saturated carbocycles. The van der Waals surface area contributed by atoms with Crippen LogP contribution in [0, 0.1) is 6.92 Å². The van der Waals surface area contributed by atoms with Crippen LogP contribution in [0.4, 0.5) is 5.13 Å². The van der Waals surface area contributed by atoms with Gasteiger partial charge < -0.3 is 9.73 Å². The standard InChI is InChI=1S/C24H21ClN2O2S/c1-16-22(15-18-9-5-6-10-20(18)25)30-24(26-16)27-23(28)14-12-19-11-13-21(29-19)17-7-3-2-4-8-17/h2-11,13H,12,14-15H2,1H3,(H,26,27,28). The van der Waals surface area contributed by atoms with E-state index in [1.807, 2.05) is 73.7 Å². The Morgan fingerprint density at radius 1 is 1.07 bits per heavy atom. The Labute approximate surface area is 184 Å². The van der Waals surface area contributed by atoms with Crippen molar-refractivity contribution in [3.05, 3.63) is 93.6 Å². The Hall–Kier alpha value is -2.89. The predicted molar refractivity (Wildman–Crippen MR) is 122 cm³/mol. The van der Waals surface area contributed by atoms with E-state index in [-0.39, 0.29) is 5.91 Å². The summed E-state index contributed by atoms with van der Waals surface area (Å²) < 4.78 is 5.87. The zero-order valence-electron chi connectivity index (χ0n) is 16.5. The quantitative estimate of drug-likeness (QED) is 0.358. The number of amides is 1. The van der Waals surface area contributed by atoms with Gasteiger partial charge in [-0.1, -0.05) is 60.1 Å². The summed E-state index contributed by atoms with van der Waals surface area (Å²) >= 11 is 7.75. The molecule has 1 amide bonds. The molecule has 0 fully saturated rings. The molecule has 2 aromatic heterocycles. The fraction of sp³-hybridized carbons (Fsp3) is 0.167. The molecule has 0 unspecified atom stereocenters. The molecule has 0 aliphatic rings. The molecule has 4 aromatic rings. The number of carbonyl (C=O) groups excluding carboxylic acids is 1. The lowest BCUT2D eigenvalue weighted by molar-refractivity contribution is -0.116. The highest BCUT2D eigenvalue weighted by Crippen LogP contribution is 2.28. The smallest absolute Gasteiger partial charge is 0.226 e. The van der Waals surface area contributed by atoms with E-state index < -0.39 is 0 Å². The van der Waals surface area contributed by atoms with Crippen molar-refractivity contribution in [2.45, 2.75) is 26.2 Å². The highest BCUT2D eigenvalue weighted by atomic mass is 35.5. The molecule has 0 spiro atoms. The third kappa shape index (κ3) is 4.99. The van der Waals surface area contributed by atoms with E-state index in [2.05, 4.69) is 10.3 Å². The van der Waals surface area contributed by atoms with Gasteiger partial charge in [0, 0.05) is 34.7 Å². The summed E-state index contributed by atoms with van der Waals surface area (Å²) in [6.07, 6.45) is 1.57. The molecule has 0 bridgehead atoms. The second-order valence-electron chi connectivity index (χ2n) is 6.98. The van der Waals surface area contributed by atoms with E-state index in [0.29, 0.717) is 24.4 Å². The number of carbonyl (C=O) groups is 1. The molecule has 2 heterocycles. The van der Waals surface area contributed by atoms with E-state index in [1.54, 1.807) is 0 Å². The van der Waals surface area contributed by atoms with Crippen LogP contribution in [0.1, 0.15) is 28.3 Å². The van der Waals surface area contributed by atoms with Crippen LogP contribution < -0.4 is 5.32 Å². The number of hydrogen-bond donors (Lipinski definition) is 1. The van der Waals surface area contributed by atoms with Crippen LogP contribution >= 0.6 is 22.9 Å². The van der Waals surface area contributed by atoms with E-state index in [9.17, 15) is 4.79 Å². The number of benzene rings is 2. The van der Waals surface area contributed by atoms with Gasteiger partial charge in [-0.25, -0.2) is 4.98 Å². The number of aromatic nitrogens is 1. The number of anilines is 1. The molecule has 6 heteroatoms. The van der Waals surface area contributed by atoms with Crippen LogP contribution in [0.15, 0.2) is 71.1 Å². The maximum absolute atomic E-state index is 12.4. The second-order valence-corrected chi connectivity index (χ2v) is 8.47. The highest BCUT2D eigenvalue weighted by molar-refractivity contribution is 7.15. The summed E-state index contributed by atoms with van der Waals surface area (Å²) in [6, 6.07) is 21.6. The average Bonchev–Trinajstić information content (AvgIpc) is 3.36. The number of nitrogens with one attached hydrogen (secondary N) is 1. The fourth-order valence-corrected chi connectivity index (χ4v) is 4.35. The summed E-state index contributed by atoms with van der Waals surface area (Å²) in [5.41, 5.74) is 2.99. The van der Waals surface area contributed by atoms with Gasteiger partial charge in [0.2, 0.25) is 5.91 Å². The van der Waals surface area contributed by atoms with Crippen molar-refractivity contribution in [2.75, 3.05) is 5.32 Å². The minimum Gasteiger partial charge on any atom is -0.461 e. The van der Waals surface area contributed by atoms with Gasteiger partial charge in [0.15, 0.2) is 5.13 Å². The van der Waals surface area contributed by atoms with Gasteiger partial charge in [0.25, 0.3) is 0 Å². The van der Waals surface area contributed by atoms with Gasteiger partial charge >= 0.3 is 0 Å². The predicted octanol–water partition coefficient (Wildman–Crippen LogP) is 6.53. The minimum absolute atomic E-state index is 0.0781. The zero-order valence-corrected chi connectivity index (χ0v) is 18.1. The molecule has 1 N–H and O–H groups in total. The van der Waals surface area contributed by atoms with Crippen molar-refractivity contribution in [1.29, 1.82) is 0 Å². The Bertz CT molecular complexity index is 1150. The molecule has 0 aliphatic carbocycles. The van der Waals surface area contributed by atoms with Crippen LogP contribution in [0.5, 0.6) is 0 Å². The maximum atomic E-state index is 12.4. The summed E-state index contributed by atoms with van der Waals surface area (Å²) in [4.78, 5) is 18.0. The van der Waals surface area contributed by atoms with E-state index >= 15 is 0 Å². The number of hydrogen-bond acceptors (Lipinski definition) is 4. The van der Waals surface area contributed by atoms with E-state index in [4.69, 9.17) is 16.0 Å². The first kappa shape index (κ1) is 20.4. The molecular formula is C24H21ClN2O2S. The van der Waals surface area contributed by atoms with Crippen molar-refractivity contribution in [2.24, 2.45) is 0 Å². The van der Waals surface area contributed by atoms with Gasteiger partial charge in [0.1, 0.15) is 11.5 Å². The monoisotopic (exact) mass is 436 g/mol. The molecular weight excluding hydrogens is 416 g/mol. The summed E-state index contributed by atoms with van der Waals surface area (Å²) in [7, 11) is 0. The van der Waals surface area contributed by atoms with Crippen molar-refractivity contribution < 1.29 is 9.21 Å². The van der Waals surface area contributed by atoms with Gasteiger partial charge in [-0.3, -0.25) is 4.79 Å². The second kappa shape index (κ2) is 9.28. The third-order valence-electron chi connectivity index (χ3n) is 4.77. The fourth-order valence-electron chi connectivity index (χ4n) is 3.15. The van der Waals surface area contributed by atoms with Crippen molar-refractivity contribution >= 4 is 34.0 Å². The molecule has 0 radical (unpaired) electrons. The van der Waals surface area contributed by atoms with Crippen LogP contribution in [-0.4, -0.2) is 10.9 Å². The Kier molecular flexibility index (Phi) is 6.31. The molecule has 0 aliphatic heterocycles. The number of aryl methyl sites for hydroxylation is 2. The molecule has 30 heavy (non-hydrogen) atoms. The molecule has 0 atom stereocenters. The lowest BCUT2D eigenvalue weighted by Gasteiger charge is -2.02. The van der Waals surface area contributed by atoms with Crippen LogP contribution in [0.25, 0.3) is 11.3 Å². The number of halogens is 1. The van der Waals surface area contributed by atoms with Crippen molar-refractivity contribution in [3.63, 3.8) is 0 Å². The molecule has 4 rings (SSSR count). The number of nitrogens with zero attached hydrogens (tertiary/aromatic N) is 1. The summed E-state index contributed by atoms with van der Waals surface area (Å²) in [5.74, 6) is 1.52. The zero-order chi connectivity index (χ0) is 20.9.